The Morgan fingerprint density at radius 2 is 2.08 bits per heavy atom. The van der Waals surface area contributed by atoms with Crippen LogP contribution in [0.15, 0.2) is 0 Å². The summed E-state index contributed by atoms with van der Waals surface area (Å²) in [6.45, 7) is 3.87. The van der Waals surface area contributed by atoms with Gasteiger partial charge in [-0.3, -0.25) is 4.90 Å². The second-order valence-corrected chi connectivity index (χ2v) is 5.07. The summed E-state index contributed by atoms with van der Waals surface area (Å²) in [6, 6.07) is 2.00. The molecule has 2 bridgehead atoms. The molecule has 68 valence electrons. The van der Waals surface area contributed by atoms with Crippen LogP contribution >= 0.6 is 0 Å². The first-order valence-corrected chi connectivity index (χ1v) is 5.62. The number of nitrogens with zero attached hydrogens (tertiary/aromatic N) is 1. The van der Waals surface area contributed by atoms with Crippen LogP contribution in [0.5, 0.6) is 0 Å². The van der Waals surface area contributed by atoms with Crippen molar-refractivity contribution in [3.63, 3.8) is 0 Å². The molecule has 1 nitrogen and oxygen atoms in total. The summed E-state index contributed by atoms with van der Waals surface area (Å²) >= 11 is 0. The number of rotatable bonds is 0. The molecule has 0 spiro atoms. The minimum absolute atomic E-state index is 0.998. The lowest BCUT2D eigenvalue weighted by molar-refractivity contribution is 0.224. The van der Waals surface area contributed by atoms with E-state index in [9.17, 15) is 0 Å². The molecule has 0 aromatic carbocycles. The zero-order valence-electron chi connectivity index (χ0n) is 8.00. The standard InChI is InChI=1S/C11H19N/c1-8-5-6-12-10-4-2-3-9(7-10)11(8)12/h8-11H,2-7H2,1H3. The second-order valence-electron chi connectivity index (χ2n) is 5.07. The maximum Gasteiger partial charge on any atom is 0.0153 e. The van der Waals surface area contributed by atoms with E-state index in [1.165, 1.54) is 38.6 Å². The van der Waals surface area contributed by atoms with Gasteiger partial charge in [0.25, 0.3) is 0 Å². The summed E-state index contributed by atoms with van der Waals surface area (Å²) < 4.78 is 0. The van der Waals surface area contributed by atoms with Crippen LogP contribution in [-0.2, 0) is 0 Å². The highest BCUT2D eigenvalue weighted by molar-refractivity contribution is 5.02. The van der Waals surface area contributed by atoms with Crippen LogP contribution in [0.25, 0.3) is 0 Å². The molecule has 2 aliphatic heterocycles. The van der Waals surface area contributed by atoms with Crippen molar-refractivity contribution in [2.45, 2.75) is 51.1 Å². The Balaban J connectivity index is 1.89. The SMILES string of the molecule is CC1CCN2C3CCCC(C3)C12. The van der Waals surface area contributed by atoms with E-state index in [1.807, 2.05) is 0 Å². The van der Waals surface area contributed by atoms with Gasteiger partial charge in [-0.25, -0.2) is 0 Å². The third kappa shape index (κ3) is 0.834. The van der Waals surface area contributed by atoms with Gasteiger partial charge in [0, 0.05) is 12.1 Å². The Morgan fingerprint density at radius 3 is 3.00 bits per heavy atom. The molecule has 0 aromatic heterocycles. The minimum atomic E-state index is 0.998. The number of hydrogen-bond donors (Lipinski definition) is 0. The zero-order chi connectivity index (χ0) is 8.13. The number of hydrogen-bond acceptors (Lipinski definition) is 1. The maximum atomic E-state index is 2.84. The monoisotopic (exact) mass is 165 g/mol. The molecular formula is C11H19N. The molecule has 1 heteroatoms. The molecule has 2 heterocycles. The van der Waals surface area contributed by atoms with Gasteiger partial charge in [-0.05, 0) is 44.1 Å². The largest absolute Gasteiger partial charge is 0.297 e. The van der Waals surface area contributed by atoms with Gasteiger partial charge in [0.15, 0.2) is 0 Å². The summed E-state index contributed by atoms with van der Waals surface area (Å²) in [5.41, 5.74) is 0. The van der Waals surface area contributed by atoms with E-state index < -0.39 is 0 Å². The molecule has 0 radical (unpaired) electrons. The molecule has 3 aliphatic rings. The fourth-order valence-electron chi connectivity index (χ4n) is 3.97. The highest BCUT2D eigenvalue weighted by Gasteiger charge is 2.48. The summed E-state index contributed by atoms with van der Waals surface area (Å²) in [6.07, 6.45) is 7.55. The smallest absolute Gasteiger partial charge is 0.0153 e. The Kier molecular flexibility index (Phi) is 1.52. The molecule has 4 atom stereocenters. The van der Waals surface area contributed by atoms with Crippen molar-refractivity contribution >= 4 is 0 Å². The van der Waals surface area contributed by atoms with E-state index in [0.717, 1.165) is 23.9 Å². The summed E-state index contributed by atoms with van der Waals surface area (Å²) in [4.78, 5) is 2.84. The summed E-state index contributed by atoms with van der Waals surface area (Å²) in [7, 11) is 0. The van der Waals surface area contributed by atoms with Gasteiger partial charge in [-0.2, -0.15) is 0 Å². The topological polar surface area (TPSA) is 3.24 Å². The molecule has 12 heavy (non-hydrogen) atoms. The normalized spacial score (nSPS) is 52.8. The van der Waals surface area contributed by atoms with Gasteiger partial charge in [-0.15, -0.1) is 0 Å². The quantitative estimate of drug-likeness (QED) is 0.532. The second kappa shape index (κ2) is 2.47. The van der Waals surface area contributed by atoms with Crippen molar-refractivity contribution in [2.24, 2.45) is 11.8 Å². The van der Waals surface area contributed by atoms with Crippen molar-refractivity contribution in [2.75, 3.05) is 6.54 Å². The van der Waals surface area contributed by atoms with Gasteiger partial charge in [0.2, 0.25) is 0 Å². The molecule has 0 aromatic rings. The molecule has 0 N–H and O–H groups in total. The van der Waals surface area contributed by atoms with Crippen molar-refractivity contribution in [3.8, 4) is 0 Å². The first-order chi connectivity index (χ1) is 5.86. The van der Waals surface area contributed by atoms with E-state index >= 15 is 0 Å². The van der Waals surface area contributed by atoms with Crippen molar-refractivity contribution in [1.29, 1.82) is 0 Å². The highest BCUT2D eigenvalue weighted by atomic mass is 15.2. The first-order valence-electron chi connectivity index (χ1n) is 5.62. The van der Waals surface area contributed by atoms with E-state index in [1.54, 1.807) is 0 Å². The predicted octanol–water partition coefficient (Wildman–Crippen LogP) is 2.27. The van der Waals surface area contributed by atoms with Gasteiger partial charge in [0.05, 0.1) is 0 Å². The van der Waals surface area contributed by atoms with Crippen LogP contribution in [0, 0.1) is 11.8 Å². The Hall–Kier alpha value is -0.0400. The highest BCUT2D eigenvalue weighted by Crippen LogP contribution is 2.46. The third-order valence-corrected chi connectivity index (χ3v) is 4.45. The average Bonchev–Trinajstić information content (AvgIpc) is 2.57. The lowest BCUT2D eigenvalue weighted by Crippen LogP contribution is -2.32. The molecule has 4 unspecified atom stereocenters. The summed E-state index contributed by atoms with van der Waals surface area (Å²) in [5, 5.41) is 0. The lowest BCUT2D eigenvalue weighted by atomic mass is 9.83. The fourth-order valence-corrected chi connectivity index (χ4v) is 3.97. The molecule has 0 amide bonds. The van der Waals surface area contributed by atoms with Gasteiger partial charge >= 0.3 is 0 Å². The van der Waals surface area contributed by atoms with Crippen LogP contribution in [-0.4, -0.2) is 23.5 Å². The molecule has 3 fully saturated rings. The maximum absolute atomic E-state index is 2.84. The Morgan fingerprint density at radius 1 is 1.17 bits per heavy atom. The van der Waals surface area contributed by atoms with E-state index in [2.05, 4.69) is 11.8 Å². The summed E-state index contributed by atoms with van der Waals surface area (Å²) in [5.74, 6) is 2.08. The van der Waals surface area contributed by atoms with Gasteiger partial charge < -0.3 is 0 Å². The van der Waals surface area contributed by atoms with E-state index in [0.29, 0.717) is 0 Å². The molecule has 3 rings (SSSR count). The van der Waals surface area contributed by atoms with Crippen LogP contribution in [0.3, 0.4) is 0 Å². The van der Waals surface area contributed by atoms with Crippen molar-refractivity contribution in [3.05, 3.63) is 0 Å². The first kappa shape index (κ1) is 7.37. The van der Waals surface area contributed by atoms with E-state index in [4.69, 9.17) is 0 Å². The Labute approximate surface area is 75.1 Å². The minimum Gasteiger partial charge on any atom is -0.297 e. The fraction of sp³-hybridized carbons (Fsp3) is 1.00. The van der Waals surface area contributed by atoms with E-state index in [-0.39, 0.29) is 0 Å². The van der Waals surface area contributed by atoms with Crippen molar-refractivity contribution in [1.82, 2.24) is 4.90 Å². The lowest BCUT2D eigenvalue weighted by Gasteiger charge is -2.23. The number of fused-ring (bicyclic) bond motifs is 5. The molecular weight excluding hydrogens is 146 g/mol. The molecule has 1 aliphatic carbocycles. The van der Waals surface area contributed by atoms with Crippen LogP contribution in [0.2, 0.25) is 0 Å². The van der Waals surface area contributed by atoms with Gasteiger partial charge in [-0.1, -0.05) is 13.3 Å². The van der Waals surface area contributed by atoms with Gasteiger partial charge in [0.1, 0.15) is 0 Å². The molecule has 2 saturated heterocycles. The predicted molar refractivity (Wildman–Crippen MR) is 50.0 cm³/mol. The third-order valence-electron chi connectivity index (χ3n) is 4.45. The van der Waals surface area contributed by atoms with Crippen LogP contribution < -0.4 is 0 Å². The van der Waals surface area contributed by atoms with Crippen molar-refractivity contribution < 1.29 is 0 Å². The zero-order valence-corrected chi connectivity index (χ0v) is 8.00. The Bertz CT molecular complexity index is 189. The molecule has 1 saturated carbocycles. The van der Waals surface area contributed by atoms with Crippen LogP contribution in [0.4, 0.5) is 0 Å². The van der Waals surface area contributed by atoms with Crippen LogP contribution in [0.1, 0.15) is 39.0 Å². The average molecular weight is 165 g/mol.